The molecule has 28 heavy (non-hydrogen) atoms. The lowest BCUT2D eigenvalue weighted by Gasteiger charge is -2.55. The highest BCUT2D eigenvalue weighted by Crippen LogP contribution is 2.65. The molecule has 1 N–H and O–H groups in total. The van der Waals surface area contributed by atoms with Crippen LogP contribution in [0.2, 0.25) is 0 Å². The molecular formula is C26H32O2. The minimum Gasteiger partial charge on any atom is -0.392 e. The molecule has 0 bridgehead atoms. The Kier molecular flexibility index (Phi) is 4.80. The largest absolute Gasteiger partial charge is 0.392 e. The van der Waals surface area contributed by atoms with E-state index in [1.807, 2.05) is 0 Å². The maximum absolute atomic E-state index is 11.2. The minimum absolute atomic E-state index is 0.0794. The van der Waals surface area contributed by atoms with Gasteiger partial charge in [0.1, 0.15) is 0 Å². The maximum Gasteiger partial charge on any atom is 0.0621 e. The number of benzene rings is 2. The van der Waals surface area contributed by atoms with Crippen LogP contribution in [0.4, 0.5) is 0 Å². The van der Waals surface area contributed by atoms with Crippen LogP contribution < -0.4 is 0 Å². The lowest BCUT2D eigenvalue weighted by Crippen LogP contribution is -2.51. The summed E-state index contributed by atoms with van der Waals surface area (Å²) in [7, 11) is 0. The molecule has 2 fully saturated rings. The summed E-state index contributed by atoms with van der Waals surface area (Å²) in [5.74, 6) is 2.24. The van der Waals surface area contributed by atoms with Gasteiger partial charge in [0.2, 0.25) is 0 Å². The molecule has 0 aliphatic heterocycles. The fourth-order valence-electron chi connectivity index (χ4n) is 6.99. The van der Waals surface area contributed by atoms with Gasteiger partial charge in [0.05, 0.1) is 12.7 Å². The monoisotopic (exact) mass is 376 g/mol. The van der Waals surface area contributed by atoms with Gasteiger partial charge in [-0.05, 0) is 79.4 Å². The second-order valence-electron chi connectivity index (χ2n) is 9.22. The lowest BCUT2D eigenvalue weighted by molar-refractivity contribution is -0.0957. The molecule has 0 saturated heterocycles. The first-order valence-corrected chi connectivity index (χ1v) is 11.1. The van der Waals surface area contributed by atoms with Crippen molar-refractivity contribution in [3.8, 4) is 0 Å². The van der Waals surface area contributed by atoms with Gasteiger partial charge < -0.3 is 9.84 Å². The summed E-state index contributed by atoms with van der Waals surface area (Å²) in [5.41, 5.74) is 4.46. The zero-order valence-electron chi connectivity index (χ0n) is 16.9. The van der Waals surface area contributed by atoms with E-state index in [1.165, 1.54) is 18.4 Å². The van der Waals surface area contributed by atoms with Gasteiger partial charge in [-0.15, -0.1) is 0 Å². The highest BCUT2D eigenvalue weighted by atomic mass is 16.5. The zero-order valence-corrected chi connectivity index (χ0v) is 16.9. The van der Waals surface area contributed by atoms with Crippen LogP contribution in [0.1, 0.15) is 61.1 Å². The SMILES string of the molecule is CCOC[C@]12C[C@H](c3ccccc3)[C@@H]3c4ccccc4CC[C@H]3[C@@H]1CC[C@@H]2O. The second kappa shape index (κ2) is 7.31. The molecule has 6 atom stereocenters. The molecule has 0 radical (unpaired) electrons. The molecule has 2 aromatic carbocycles. The summed E-state index contributed by atoms with van der Waals surface area (Å²) < 4.78 is 6.02. The first kappa shape index (κ1) is 18.4. The summed E-state index contributed by atoms with van der Waals surface area (Å²) in [6, 6.07) is 20.2. The molecule has 2 heteroatoms. The van der Waals surface area contributed by atoms with Crippen molar-refractivity contribution in [1.29, 1.82) is 0 Å². The molecule has 3 aliphatic rings. The van der Waals surface area contributed by atoms with Crippen molar-refractivity contribution in [3.05, 3.63) is 71.3 Å². The van der Waals surface area contributed by atoms with Gasteiger partial charge in [0.25, 0.3) is 0 Å². The first-order chi connectivity index (χ1) is 13.7. The van der Waals surface area contributed by atoms with Gasteiger partial charge in [-0.2, -0.15) is 0 Å². The van der Waals surface area contributed by atoms with Crippen LogP contribution >= 0.6 is 0 Å². The van der Waals surface area contributed by atoms with Crippen LogP contribution in [0.15, 0.2) is 54.6 Å². The number of hydrogen-bond acceptors (Lipinski definition) is 2. The van der Waals surface area contributed by atoms with Crippen molar-refractivity contribution >= 4 is 0 Å². The van der Waals surface area contributed by atoms with Crippen LogP contribution in [0, 0.1) is 17.3 Å². The van der Waals surface area contributed by atoms with E-state index in [4.69, 9.17) is 4.74 Å². The number of rotatable bonds is 4. The fraction of sp³-hybridized carbons (Fsp3) is 0.538. The van der Waals surface area contributed by atoms with Gasteiger partial charge in [0, 0.05) is 12.0 Å². The normalized spacial score (nSPS) is 36.4. The number of fused-ring (bicyclic) bond motifs is 5. The number of aliphatic hydroxyl groups excluding tert-OH is 1. The number of aryl methyl sites for hydroxylation is 1. The summed E-state index contributed by atoms with van der Waals surface area (Å²) >= 11 is 0. The Bertz CT molecular complexity index is 816. The zero-order chi connectivity index (χ0) is 19.1. The molecular weight excluding hydrogens is 344 g/mol. The Morgan fingerprint density at radius 1 is 1.00 bits per heavy atom. The molecule has 2 nitrogen and oxygen atoms in total. The second-order valence-corrected chi connectivity index (χ2v) is 9.22. The standard InChI is InChI=1S/C26H32O2/c1-2-28-17-26-16-22(18-8-4-3-5-9-18)25-20-11-7-6-10-19(20)12-13-21(25)23(26)14-15-24(26)27/h3-11,21-25,27H,2,12-17H2,1H3/t21-,22+,23-,24-,25+,26+/m0/s1. The Labute approximate surface area is 168 Å². The molecule has 5 rings (SSSR count). The van der Waals surface area contributed by atoms with Crippen molar-refractivity contribution in [2.45, 2.75) is 57.0 Å². The Hall–Kier alpha value is -1.64. The quantitative estimate of drug-likeness (QED) is 0.783. The number of ether oxygens (including phenoxy) is 1. The maximum atomic E-state index is 11.2. The third-order valence-corrected chi connectivity index (χ3v) is 8.13. The van der Waals surface area contributed by atoms with Gasteiger partial charge in [-0.1, -0.05) is 54.6 Å². The summed E-state index contributed by atoms with van der Waals surface area (Å²) in [4.78, 5) is 0. The van der Waals surface area contributed by atoms with Gasteiger partial charge in [0.15, 0.2) is 0 Å². The van der Waals surface area contributed by atoms with Crippen molar-refractivity contribution in [2.24, 2.45) is 17.3 Å². The average Bonchev–Trinajstić information content (AvgIpc) is 3.08. The van der Waals surface area contributed by atoms with Crippen LogP contribution in [-0.2, 0) is 11.2 Å². The minimum atomic E-state index is -0.228. The summed E-state index contributed by atoms with van der Waals surface area (Å²) in [6.45, 7) is 3.52. The molecule has 0 spiro atoms. The summed E-state index contributed by atoms with van der Waals surface area (Å²) in [5, 5.41) is 11.2. The van der Waals surface area contributed by atoms with E-state index in [-0.39, 0.29) is 11.5 Å². The van der Waals surface area contributed by atoms with Crippen molar-refractivity contribution in [1.82, 2.24) is 0 Å². The van der Waals surface area contributed by atoms with E-state index in [0.717, 1.165) is 25.9 Å². The third kappa shape index (κ3) is 2.76. The first-order valence-electron chi connectivity index (χ1n) is 11.1. The highest BCUT2D eigenvalue weighted by molar-refractivity contribution is 5.39. The van der Waals surface area contributed by atoms with Crippen LogP contribution in [-0.4, -0.2) is 24.4 Å². The molecule has 3 aliphatic carbocycles. The van der Waals surface area contributed by atoms with E-state index in [2.05, 4.69) is 61.5 Å². The molecule has 2 aromatic rings. The molecule has 0 heterocycles. The van der Waals surface area contributed by atoms with Crippen molar-refractivity contribution in [2.75, 3.05) is 13.2 Å². The summed E-state index contributed by atoms with van der Waals surface area (Å²) in [6.07, 6.45) is 5.32. The molecule has 0 aromatic heterocycles. The number of aliphatic hydroxyl groups is 1. The average molecular weight is 377 g/mol. The van der Waals surface area contributed by atoms with E-state index in [0.29, 0.717) is 30.3 Å². The molecule has 2 saturated carbocycles. The van der Waals surface area contributed by atoms with Gasteiger partial charge in [-0.25, -0.2) is 0 Å². The van der Waals surface area contributed by atoms with E-state index >= 15 is 0 Å². The van der Waals surface area contributed by atoms with E-state index in [1.54, 1.807) is 11.1 Å². The van der Waals surface area contributed by atoms with Crippen LogP contribution in [0.3, 0.4) is 0 Å². The van der Waals surface area contributed by atoms with Crippen molar-refractivity contribution < 1.29 is 9.84 Å². The lowest BCUT2D eigenvalue weighted by atomic mass is 9.50. The highest BCUT2D eigenvalue weighted by Gasteiger charge is 2.60. The van der Waals surface area contributed by atoms with Crippen LogP contribution in [0.25, 0.3) is 0 Å². The van der Waals surface area contributed by atoms with Crippen LogP contribution in [0.5, 0.6) is 0 Å². The van der Waals surface area contributed by atoms with Gasteiger partial charge in [-0.3, -0.25) is 0 Å². The fourth-order valence-corrected chi connectivity index (χ4v) is 6.99. The van der Waals surface area contributed by atoms with Gasteiger partial charge >= 0.3 is 0 Å². The number of hydrogen-bond donors (Lipinski definition) is 1. The van der Waals surface area contributed by atoms with Crippen molar-refractivity contribution in [3.63, 3.8) is 0 Å². The Morgan fingerprint density at radius 3 is 2.61 bits per heavy atom. The molecule has 0 unspecified atom stereocenters. The predicted octanol–water partition coefficient (Wildman–Crippen LogP) is 5.31. The Balaban J connectivity index is 1.63. The predicted molar refractivity (Wildman–Crippen MR) is 112 cm³/mol. The van der Waals surface area contributed by atoms with E-state index < -0.39 is 0 Å². The van der Waals surface area contributed by atoms with E-state index in [9.17, 15) is 5.11 Å². The molecule has 0 amide bonds. The Morgan fingerprint density at radius 2 is 1.79 bits per heavy atom. The molecule has 148 valence electrons. The topological polar surface area (TPSA) is 29.5 Å². The third-order valence-electron chi connectivity index (χ3n) is 8.13. The smallest absolute Gasteiger partial charge is 0.0621 e.